The number of halogens is 4. The van der Waals surface area contributed by atoms with Crippen LogP contribution in [-0.4, -0.2) is 10.5 Å². The highest BCUT2D eigenvalue weighted by Crippen LogP contribution is 2.40. The number of hydrogen-bond donors (Lipinski definition) is 0. The first-order chi connectivity index (χ1) is 7.49. The van der Waals surface area contributed by atoms with Crippen LogP contribution in [0.15, 0.2) is 27.5 Å². The molecule has 1 aromatic carbocycles. The SMILES string of the molecule is FC(F)(F)Sc1cccc2oc(CBr)nc12. The fraction of sp³-hybridized carbons (Fsp3) is 0.222. The van der Waals surface area contributed by atoms with Gasteiger partial charge in [-0.05, 0) is 23.9 Å². The van der Waals surface area contributed by atoms with E-state index in [1.807, 2.05) is 0 Å². The Balaban J connectivity index is 2.48. The number of nitrogens with zero attached hydrogens (tertiary/aromatic N) is 1. The Bertz CT molecular complexity index is 511. The number of alkyl halides is 4. The van der Waals surface area contributed by atoms with Crippen molar-refractivity contribution in [3.8, 4) is 0 Å². The molecule has 2 aromatic rings. The summed E-state index contributed by atoms with van der Waals surface area (Å²) in [5.41, 5.74) is -3.70. The highest BCUT2D eigenvalue weighted by Gasteiger charge is 2.30. The quantitative estimate of drug-likeness (QED) is 0.609. The maximum atomic E-state index is 12.3. The summed E-state index contributed by atoms with van der Waals surface area (Å²) >= 11 is 2.95. The first-order valence-corrected chi connectivity index (χ1v) is 6.13. The van der Waals surface area contributed by atoms with Gasteiger partial charge in [0.15, 0.2) is 5.58 Å². The van der Waals surface area contributed by atoms with Crippen molar-refractivity contribution in [1.29, 1.82) is 0 Å². The van der Waals surface area contributed by atoms with Crippen molar-refractivity contribution in [2.45, 2.75) is 15.7 Å². The van der Waals surface area contributed by atoms with E-state index < -0.39 is 5.51 Å². The largest absolute Gasteiger partial charge is 0.446 e. The van der Waals surface area contributed by atoms with Crippen LogP contribution in [0.2, 0.25) is 0 Å². The minimum atomic E-state index is -4.32. The van der Waals surface area contributed by atoms with E-state index in [2.05, 4.69) is 20.9 Å². The molecule has 0 spiro atoms. The minimum Gasteiger partial charge on any atom is -0.440 e. The second-order valence-corrected chi connectivity index (χ2v) is 4.56. The van der Waals surface area contributed by atoms with Crippen molar-refractivity contribution in [3.05, 3.63) is 24.1 Å². The molecule has 1 aromatic heterocycles. The van der Waals surface area contributed by atoms with Crippen molar-refractivity contribution in [1.82, 2.24) is 4.98 Å². The Kier molecular flexibility index (Phi) is 3.16. The predicted octanol–water partition coefficient (Wildman–Crippen LogP) is 4.33. The summed E-state index contributed by atoms with van der Waals surface area (Å²) in [7, 11) is 0. The van der Waals surface area contributed by atoms with E-state index in [0.717, 1.165) is 0 Å². The average Bonchev–Trinajstić information content (AvgIpc) is 2.59. The number of thioether (sulfide) groups is 1. The zero-order valence-electron chi connectivity index (χ0n) is 7.71. The third-order valence-electron chi connectivity index (χ3n) is 1.77. The van der Waals surface area contributed by atoms with E-state index in [1.165, 1.54) is 12.1 Å². The lowest BCUT2D eigenvalue weighted by Crippen LogP contribution is -1.99. The van der Waals surface area contributed by atoms with Gasteiger partial charge in [0.25, 0.3) is 0 Å². The molecule has 0 unspecified atom stereocenters. The van der Waals surface area contributed by atoms with E-state index in [-0.39, 0.29) is 22.2 Å². The average molecular weight is 312 g/mol. The highest BCUT2D eigenvalue weighted by atomic mass is 79.9. The molecule has 0 saturated carbocycles. The van der Waals surface area contributed by atoms with Crippen molar-refractivity contribution in [2.24, 2.45) is 0 Å². The molecule has 1 heterocycles. The molecule has 0 aliphatic carbocycles. The zero-order valence-corrected chi connectivity index (χ0v) is 10.1. The lowest BCUT2D eigenvalue weighted by molar-refractivity contribution is -0.0327. The molecule has 0 N–H and O–H groups in total. The van der Waals surface area contributed by atoms with Crippen molar-refractivity contribution >= 4 is 38.8 Å². The van der Waals surface area contributed by atoms with Crippen LogP contribution >= 0.6 is 27.7 Å². The van der Waals surface area contributed by atoms with Crippen molar-refractivity contribution in [2.75, 3.05) is 0 Å². The third-order valence-corrected chi connectivity index (χ3v) is 3.03. The molecule has 0 fully saturated rings. The molecule has 2 nitrogen and oxygen atoms in total. The standard InChI is InChI=1S/C9H5BrF3NOS/c10-4-7-14-8-5(15-7)2-1-3-6(8)16-9(11,12)13/h1-3H,4H2. The van der Waals surface area contributed by atoms with Gasteiger partial charge in [0.05, 0.1) is 5.33 Å². The summed E-state index contributed by atoms with van der Waals surface area (Å²) < 4.78 is 42.0. The molecule has 0 aliphatic rings. The monoisotopic (exact) mass is 311 g/mol. The lowest BCUT2D eigenvalue weighted by atomic mass is 10.3. The number of benzene rings is 1. The molecule has 0 saturated heterocycles. The van der Waals surface area contributed by atoms with Gasteiger partial charge in [-0.2, -0.15) is 13.2 Å². The van der Waals surface area contributed by atoms with Gasteiger partial charge >= 0.3 is 5.51 Å². The van der Waals surface area contributed by atoms with Gasteiger partial charge in [0.2, 0.25) is 5.89 Å². The second kappa shape index (κ2) is 4.29. The Morgan fingerprint density at radius 2 is 2.12 bits per heavy atom. The molecule has 0 amide bonds. The summed E-state index contributed by atoms with van der Waals surface area (Å²) in [5, 5.41) is 0.373. The maximum absolute atomic E-state index is 12.3. The van der Waals surface area contributed by atoms with Crippen molar-refractivity contribution < 1.29 is 17.6 Å². The first-order valence-electron chi connectivity index (χ1n) is 4.20. The fourth-order valence-corrected chi connectivity index (χ4v) is 2.11. The van der Waals surface area contributed by atoms with Crippen molar-refractivity contribution in [3.63, 3.8) is 0 Å². The van der Waals surface area contributed by atoms with Crippen LogP contribution in [0.3, 0.4) is 0 Å². The molecule has 86 valence electrons. The van der Waals surface area contributed by atoms with Gasteiger partial charge < -0.3 is 4.42 Å². The number of oxazole rings is 1. The predicted molar refractivity (Wildman–Crippen MR) is 58.6 cm³/mol. The number of para-hydroxylation sites is 1. The van der Waals surface area contributed by atoms with Gasteiger partial charge in [0.1, 0.15) is 5.52 Å². The van der Waals surface area contributed by atoms with Crippen LogP contribution in [0.5, 0.6) is 0 Å². The van der Waals surface area contributed by atoms with Crippen LogP contribution in [0.4, 0.5) is 13.2 Å². The Morgan fingerprint density at radius 3 is 2.75 bits per heavy atom. The first kappa shape index (κ1) is 11.8. The van der Waals surface area contributed by atoms with Gasteiger partial charge in [-0.1, -0.05) is 22.0 Å². The van der Waals surface area contributed by atoms with Gasteiger partial charge in [-0.15, -0.1) is 0 Å². The van der Waals surface area contributed by atoms with E-state index in [9.17, 15) is 13.2 Å². The van der Waals surface area contributed by atoms with Gasteiger partial charge in [-0.25, -0.2) is 4.98 Å². The molecule has 16 heavy (non-hydrogen) atoms. The van der Waals surface area contributed by atoms with E-state index in [1.54, 1.807) is 6.07 Å². The van der Waals surface area contributed by atoms with E-state index in [0.29, 0.717) is 16.8 Å². The molecule has 2 rings (SSSR count). The molecule has 0 atom stereocenters. The Morgan fingerprint density at radius 1 is 1.38 bits per heavy atom. The summed E-state index contributed by atoms with van der Waals surface area (Å²) in [4.78, 5) is 4.04. The third kappa shape index (κ3) is 2.52. The number of hydrogen-bond acceptors (Lipinski definition) is 3. The van der Waals surface area contributed by atoms with Crippen LogP contribution in [0.25, 0.3) is 11.1 Å². The van der Waals surface area contributed by atoms with Crippen LogP contribution in [0.1, 0.15) is 5.89 Å². The molecule has 0 radical (unpaired) electrons. The van der Waals surface area contributed by atoms with E-state index in [4.69, 9.17) is 4.42 Å². The fourth-order valence-electron chi connectivity index (χ4n) is 1.23. The molecular formula is C9H5BrF3NOS. The topological polar surface area (TPSA) is 26.0 Å². The second-order valence-electron chi connectivity index (χ2n) is 2.89. The molecular weight excluding hydrogens is 307 g/mol. The molecule has 0 aliphatic heterocycles. The smallest absolute Gasteiger partial charge is 0.440 e. The Labute approximate surface area is 101 Å². The van der Waals surface area contributed by atoms with Gasteiger partial charge in [0, 0.05) is 4.90 Å². The highest BCUT2D eigenvalue weighted by molar-refractivity contribution is 9.08. The summed E-state index contributed by atoms with van der Waals surface area (Å²) in [6, 6.07) is 4.48. The molecule has 0 bridgehead atoms. The van der Waals surface area contributed by atoms with Crippen LogP contribution in [0, 0.1) is 0 Å². The molecule has 7 heteroatoms. The summed E-state index contributed by atoms with van der Waals surface area (Å²) in [6.45, 7) is 0. The minimum absolute atomic E-state index is 0.0564. The number of aromatic nitrogens is 1. The lowest BCUT2D eigenvalue weighted by Gasteiger charge is -2.04. The number of fused-ring (bicyclic) bond motifs is 1. The normalized spacial score (nSPS) is 12.2. The summed E-state index contributed by atoms with van der Waals surface area (Å²) in [6.07, 6.45) is 0. The number of rotatable bonds is 2. The summed E-state index contributed by atoms with van der Waals surface area (Å²) in [5.74, 6) is 0.366. The zero-order chi connectivity index (χ0) is 11.8. The van der Waals surface area contributed by atoms with E-state index >= 15 is 0 Å². The van der Waals surface area contributed by atoms with Crippen LogP contribution in [-0.2, 0) is 5.33 Å². The van der Waals surface area contributed by atoms with Gasteiger partial charge in [-0.3, -0.25) is 0 Å². The Hall–Kier alpha value is -0.690. The maximum Gasteiger partial charge on any atom is 0.446 e. The van der Waals surface area contributed by atoms with Crippen LogP contribution < -0.4 is 0 Å².